The molecule has 0 spiro atoms. The number of carbonyl (C=O) groups excluding carboxylic acids is 1. The first-order valence-corrected chi connectivity index (χ1v) is 7.36. The quantitative estimate of drug-likeness (QED) is 0.874. The summed E-state index contributed by atoms with van der Waals surface area (Å²) in [6, 6.07) is 17.2. The van der Waals surface area contributed by atoms with Crippen LogP contribution in [0, 0.1) is 0 Å². The third kappa shape index (κ3) is 4.59. The fourth-order valence-corrected chi connectivity index (χ4v) is 2.30. The molecule has 0 bridgehead atoms. The van der Waals surface area contributed by atoms with Gasteiger partial charge >= 0.3 is 0 Å². The molecule has 0 aliphatic heterocycles. The number of hydrogen-bond donors (Lipinski definition) is 2. The van der Waals surface area contributed by atoms with E-state index < -0.39 is 0 Å². The van der Waals surface area contributed by atoms with Crippen LogP contribution < -0.4 is 10.2 Å². The molecule has 0 aromatic heterocycles. The molecule has 0 saturated carbocycles. The Bertz CT molecular complexity index is 601. The summed E-state index contributed by atoms with van der Waals surface area (Å²) >= 11 is 5.92. The summed E-state index contributed by atoms with van der Waals surface area (Å²) in [5, 5.41) is 3.52. The second-order valence-corrected chi connectivity index (χ2v) is 5.67. The Hall–Kier alpha value is -1.84. The average Bonchev–Trinajstić information content (AvgIpc) is 2.47. The van der Waals surface area contributed by atoms with Crippen LogP contribution in [0.5, 0.6) is 0 Å². The lowest BCUT2D eigenvalue weighted by Gasteiger charge is -2.21. The molecule has 2 atom stereocenters. The number of rotatable bonds is 5. The van der Waals surface area contributed by atoms with Crippen LogP contribution in [0.1, 0.15) is 12.5 Å². The first kappa shape index (κ1) is 15.5. The Morgan fingerprint density at radius 1 is 1.19 bits per heavy atom. The molecule has 110 valence electrons. The van der Waals surface area contributed by atoms with E-state index in [4.69, 9.17) is 11.6 Å². The maximum atomic E-state index is 12.3. The first-order valence-electron chi connectivity index (χ1n) is 6.99. The molecule has 0 fully saturated rings. The third-order valence-corrected chi connectivity index (χ3v) is 3.79. The van der Waals surface area contributed by atoms with E-state index in [9.17, 15) is 4.79 Å². The van der Waals surface area contributed by atoms with Crippen molar-refractivity contribution in [2.75, 3.05) is 12.4 Å². The van der Waals surface area contributed by atoms with Crippen molar-refractivity contribution < 1.29 is 9.69 Å². The monoisotopic (exact) mass is 303 g/mol. The van der Waals surface area contributed by atoms with Crippen LogP contribution in [0.3, 0.4) is 0 Å². The molecule has 1 amide bonds. The van der Waals surface area contributed by atoms with Crippen LogP contribution in [0.25, 0.3) is 0 Å². The van der Waals surface area contributed by atoms with Crippen molar-refractivity contribution in [1.29, 1.82) is 0 Å². The van der Waals surface area contributed by atoms with Gasteiger partial charge in [0.2, 0.25) is 0 Å². The summed E-state index contributed by atoms with van der Waals surface area (Å²) in [6.45, 7) is 2.74. The second kappa shape index (κ2) is 7.25. The summed E-state index contributed by atoms with van der Waals surface area (Å²) in [4.78, 5) is 13.4. The molecule has 3 nitrogen and oxygen atoms in total. The second-order valence-electron chi connectivity index (χ2n) is 5.23. The minimum Gasteiger partial charge on any atom is -0.324 e. The van der Waals surface area contributed by atoms with Crippen LogP contribution in [0.15, 0.2) is 54.6 Å². The molecule has 0 aliphatic carbocycles. The van der Waals surface area contributed by atoms with E-state index in [-0.39, 0.29) is 11.9 Å². The van der Waals surface area contributed by atoms with E-state index in [2.05, 4.69) is 17.4 Å². The van der Waals surface area contributed by atoms with Gasteiger partial charge < -0.3 is 10.2 Å². The fraction of sp³-hybridized carbons (Fsp3) is 0.235. The fourth-order valence-electron chi connectivity index (χ4n) is 2.11. The Labute approximate surface area is 130 Å². The van der Waals surface area contributed by atoms with E-state index in [1.807, 2.05) is 44.3 Å². The molecule has 2 aromatic carbocycles. The van der Waals surface area contributed by atoms with Crippen molar-refractivity contribution in [2.45, 2.75) is 19.5 Å². The number of anilines is 1. The molecule has 4 heteroatoms. The average molecular weight is 304 g/mol. The van der Waals surface area contributed by atoms with Crippen LogP contribution in [0.2, 0.25) is 5.02 Å². The molecule has 2 N–H and O–H groups in total. The smallest absolute Gasteiger partial charge is 0.282 e. The molecule has 0 saturated heterocycles. The van der Waals surface area contributed by atoms with Crippen molar-refractivity contribution in [3.63, 3.8) is 0 Å². The molecular weight excluding hydrogens is 284 g/mol. The maximum absolute atomic E-state index is 12.3. The minimum atomic E-state index is -0.149. The maximum Gasteiger partial charge on any atom is 0.282 e. The zero-order chi connectivity index (χ0) is 15.2. The van der Waals surface area contributed by atoms with Crippen LogP contribution in [0.4, 0.5) is 5.69 Å². The molecular formula is C17H20ClN2O+. The molecule has 2 rings (SSSR count). The Morgan fingerprint density at radius 2 is 1.90 bits per heavy atom. The topological polar surface area (TPSA) is 33.5 Å². The number of benzene rings is 2. The molecule has 0 aliphatic rings. The normalized spacial score (nSPS) is 13.5. The van der Waals surface area contributed by atoms with Gasteiger partial charge in [-0.25, -0.2) is 0 Å². The summed E-state index contributed by atoms with van der Waals surface area (Å²) < 4.78 is 0. The number of hydrogen-bond acceptors (Lipinski definition) is 1. The van der Waals surface area contributed by atoms with Crippen LogP contribution in [-0.4, -0.2) is 19.0 Å². The summed E-state index contributed by atoms with van der Waals surface area (Å²) in [7, 11) is 2.02. The minimum absolute atomic E-state index is 0.00861. The third-order valence-electron chi connectivity index (χ3n) is 3.55. The van der Waals surface area contributed by atoms with Crippen molar-refractivity contribution in [2.24, 2.45) is 0 Å². The molecule has 21 heavy (non-hydrogen) atoms. The van der Waals surface area contributed by atoms with Crippen LogP contribution >= 0.6 is 11.6 Å². The summed E-state index contributed by atoms with van der Waals surface area (Å²) in [5.41, 5.74) is 1.95. The van der Waals surface area contributed by atoms with Gasteiger partial charge in [-0.15, -0.1) is 0 Å². The molecule has 0 heterocycles. The Balaban J connectivity index is 1.95. The zero-order valence-corrected chi connectivity index (χ0v) is 13.0. The first-order chi connectivity index (χ1) is 10.1. The lowest BCUT2D eigenvalue weighted by molar-refractivity contribution is -0.907. The highest BCUT2D eigenvalue weighted by molar-refractivity contribution is 6.30. The summed E-state index contributed by atoms with van der Waals surface area (Å²) in [6.07, 6.45) is 0. The van der Waals surface area contributed by atoms with Gasteiger partial charge in [0.05, 0.1) is 7.05 Å². The SMILES string of the molecule is C[C@H](C(=O)Nc1cccc(Cl)c1)[NH+](C)Cc1ccccc1. The lowest BCUT2D eigenvalue weighted by atomic mass is 10.2. The van der Waals surface area contributed by atoms with E-state index in [0.29, 0.717) is 5.02 Å². The van der Waals surface area contributed by atoms with Gasteiger partial charge in [0.25, 0.3) is 5.91 Å². The number of nitrogens with one attached hydrogen (secondary N) is 2. The zero-order valence-electron chi connectivity index (χ0n) is 12.3. The van der Waals surface area contributed by atoms with Gasteiger partial charge in [0.15, 0.2) is 6.04 Å². The Kier molecular flexibility index (Phi) is 5.37. The van der Waals surface area contributed by atoms with Gasteiger partial charge in [0.1, 0.15) is 6.54 Å². The predicted molar refractivity (Wildman–Crippen MR) is 86.6 cm³/mol. The number of likely N-dealkylation sites (N-methyl/N-ethyl adjacent to an activating group) is 1. The Morgan fingerprint density at radius 3 is 2.57 bits per heavy atom. The number of halogens is 1. The molecule has 1 unspecified atom stereocenters. The van der Waals surface area contributed by atoms with Crippen LogP contribution in [-0.2, 0) is 11.3 Å². The van der Waals surface area contributed by atoms with Crippen molar-refractivity contribution >= 4 is 23.2 Å². The van der Waals surface area contributed by atoms with Gasteiger partial charge in [-0.05, 0) is 25.1 Å². The number of amides is 1. The van der Waals surface area contributed by atoms with E-state index >= 15 is 0 Å². The predicted octanol–water partition coefficient (Wildman–Crippen LogP) is 2.38. The lowest BCUT2D eigenvalue weighted by Crippen LogP contribution is -3.12. The van der Waals surface area contributed by atoms with Crippen molar-refractivity contribution in [3.8, 4) is 0 Å². The molecule has 0 radical (unpaired) electrons. The number of quaternary nitrogens is 1. The van der Waals surface area contributed by atoms with E-state index in [1.165, 1.54) is 5.56 Å². The van der Waals surface area contributed by atoms with E-state index in [1.54, 1.807) is 12.1 Å². The van der Waals surface area contributed by atoms with Crippen molar-refractivity contribution in [3.05, 3.63) is 65.2 Å². The van der Waals surface area contributed by atoms with Crippen molar-refractivity contribution in [1.82, 2.24) is 0 Å². The van der Waals surface area contributed by atoms with Gasteiger partial charge in [-0.1, -0.05) is 48.0 Å². The molecule has 2 aromatic rings. The highest BCUT2D eigenvalue weighted by Crippen LogP contribution is 2.14. The van der Waals surface area contributed by atoms with E-state index in [0.717, 1.165) is 17.1 Å². The number of carbonyl (C=O) groups is 1. The summed E-state index contributed by atoms with van der Waals surface area (Å²) in [5.74, 6) is -0.00861. The van der Waals surface area contributed by atoms with Gasteiger partial charge in [-0.3, -0.25) is 4.79 Å². The standard InChI is InChI=1S/C17H19ClN2O/c1-13(20(2)12-14-7-4-3-5-8-14)17(21)19-16-10-6-9-15(18)11-16/h3-11,13H,12H2,1-2H3,(H,19,21)/p+1/t13-/m1/s1. The highest BCUT2D eigenvalue weighted by Gasteiger charge is 2.21. The largest absolute Gasteiger partial charge is 0.324 e. The van der Waals surface area contributed by atoms with Gasteiger partial charge in [0, 0.05) is 16.3 Å². The van der Waals surface area contributed by atoms with Gasteiger partial charge in [-0.2, -0.15) is 0 Å². The highest BCUT2D eigenvalue weighted by atomic mass is 35.5.